The molecule has 0 bridgehead atoms. The van der Waals surface area contributed by atoms with Crippen LogP contribution in [0.4, 0.5) is 4.39 Å². The van der Waals surface area contributed by atoms with Crippen LogP contribution in [0.2, 0.25) is 0 Å². The van der Waals surface area contributed by atoms with E-state index in [2.05, 4.69) is 32.3 Å². The third kappa shape index (κ3) is 6.60. The summed E-state index contributed by atoms with van der Waals surface area (Å²) < 4.78 is 17.5. The Morgan fingerprint density at radius 2 is 1.92 bits per heavy atom. The van der Waals surface area contributed by atoms with Crippen LogP contribution in [0.5, 0.6) is 6.01 Å². The molecule has 2 heterocycles. The second-order valence-corrected chi connectivity index (χ2v) is 5.62. The van der Waals surface area contributed by atoms with Crippen molar-refractivity contribution in [3.63, 3.8) is 0 Å². The van der Waals surface area contributed by atoms with E-state index < -0.39 is 0 Å². The molecule has 1 fully saturated rings. The molecule has 0 saturated carbocycles. The Labute approximate surface area is 153 Å². The van der Waals surface area contributed by atoms with Crippen molar-refractivity contribution in [2.45, 2.75) is 18.9 Å². The minimum absolute atomic E-state index is 0.242. The van der Waals surface area contributed by atoms with Crippen LogP contribution in [0.1, 0.15) is 18.4 Å². The second kappa shape index (κ2) is 10.9. The highest BCUT2D eigenvalue weighted by Crippen LogP contribution is 2.15. The lowest BCUT2D eigenvalue weighted by Gasteiger charge is -2.23. The average molecular weight is 357 g/mol. The Bertz CT molecular complexity index is 685. The van der Waals surface area contributed by atoms with Gasteiger partial charge < -0.3 is 15.4 Å². The summed E-state index contributed by atoms with van der Waals surface area (Å²) in [6.07, 6.45) is 7.34. The first-order chi connectivity index (χ1) is 12.7. The Balaban J connectivity index is 0.000000254. The van der Waals surface area contributed by atoms with Crippen molar-refractivity contribution >= 4 is 12.4 Å². The van der Waals surface area contributed by atoms with E-state index in [0.717, 1.165) is 37.2 Å². The number of ether oxygens (including phenoxy) is 1. The molecular formula is C19H24FN5O. The standard InChI is InChI=1S/C14H18FN3.C5H6N2O/c1-16-14(11-2-4-12(15)5-3-11)10-18-13-6-8-17-9-7-13;1-8-5-6-3-2-4-7-5/h2-5,10,13,17-18H,1,6-9H2;2-4H,1H3/b14-10-;. The number of rotatable bonds is 5. The van der Waals surface area contributed by atoms with E-state index in [9.17, 15) is 4.39 Å². The van der Waals surface area contributed by atoms with Crippen LogP contribution < -0.4 is 15.4 Å². The maximum absolute atomic E-state index is 12.8. The van der Waals surface area contributed by atoms with Crippen molar-refractivity contribution in [2.75, 3.05) is 20.2 Å². The highest BCUT2D eigenvalue weighted by Gasteiger charge is 2.11. The van der Waals surface area contributed by atoms with E-state index in [-0.39, 0.29) is 5.82 Å². The molecule has 1 aliphatic rings. The molecule has 1 saturated heterocycles. The highest BCUT2D eigenvalue weighted by molar-refractivity contribution is 5.67. The van der Waals surface area contributed by atoms with Gasteiger partial charge in [-0.1, -0.05) is 0 Å². The third-order valence-corrected chi connectivity index (χ3v) is 3.83. The summed E-state index contributed by atoms with van der Waals surface area (Å²) >= 11 is 0. The maximum atomic E-state index is 12.8. The van der Waals surface area contributed by atoms with Gasteiger partial charge in [-0.05, 0) is 63.0 Å². The van der Waals surface area contributed by atoms with Gasteiger partial charge in [0.05, 0.1) is 12.8 Å². The molecule has 138 valence electrons. The first kappa shape index (κ1) is 19.5. The number of piperidine rings is 1. The molecule has 26 heavy (non-hydrogen) atoms. The number of aliphatic imine (C=N–C) groups is 1. The van der Waals surface area contributed by atoms with Crippen molar-refractivity contribution in [3.8, 4) is 6.01 Å². The van der Waals surface area contributed by atoms with Crippen molar-refractivity contribution in [2.24, 2.45) is 4.99 Å². The lowest BCUT2D eigenvalue weighted by molar-refractivity contribution is 0.379. The molecule has 7 heteroatoms. The van der Waals surface area contributed by atoms with Crippen molar-refractivity contribution in [1.29, 1.82) is 0 Å². The van der Waals surface area contributed by atoms with Crippen LogP contribution in [0.3, 0.4) is 0 Å². The third-order valence-electron chi connectivity index (χ3n) is 3.83. The zero-order valence-corrected chi connectivity index (χ0v) is 14.9. The number of hydrogen-bond donors (Lipinski definition) is 2. The summed E-state index contributed by atoms with van der Waals surface area (Å²) in [5, 5.41) is 6.67. The molecule has 1 aliphatic heterocycles. The largest absolute Gasteiger partial charge is 0.467 e. The zero-order valence-electron chi connectivity index (χ0n) is 14.9. The van der Waals surface area contributed by atoms with Crippen LogP contribution in [-0.2, 0) is 0 Å². The van der Waals surface area contributed by atoms with Gasteiger partial charge in [0.15, 0.2) is 0 Å². The fraction of sp³-hybridized carbons (Fsp3) is 0.316. The van der Waals surface area contributed by atoms with Crippen molar-refractivity contribution in [3.05, 3.63) is 60.3 Å². The maximum Gasteiger partial charge on any atom is 0.315 e. The predicted octanol–water partition coefficient (Wildman–Crippen LogP) is 2.65. The normalized spacial score (nSPS) is 14.8. The van der Waals surface area contributed by atoms with Gasteiger partial charge in [0.2, 0.25) is 0 Å². The monoisotopic (exact) mass is 357 g/mol. The van der Waals surface area contributed by atoms with Crippen LogP contribution in [0, 0.1) is 5.82 Å². The van der Waals surface area contributed by atoms with Crippen LogP contribution in [0.15, 0.2) is 53.9 Å². The molecule has 0 unspecified atom stereocenters. The molecule has 0 spiro atoms. The van der Waals surface area contributed by atoms with E-state index in [0.29, 0.717) is 12.1 Å². The summed E-state index contributed by atoms with van der Waals surface area (Å²) in [4.78, 5) is 11.5. The number of halogens is 1. The first-order valence-electron chi connectivity index (χ1n) is 8.43. The van der Waals surface area contributed by atoms with Crippen molar-refractivity contribution in [1.82, 2.24) is 20.6 Å². The number of nitrogens with zero attached hydrogens (tertiary/aromatic N) is 3. The van der Waals surface area contributed by atoms with Gasteiger partial charge in [0.25, 0.3) is 0 Å². The minimum atomic E-state index is -0.242. The molecule has 1 aromatic heterocycles. The molecule has 2 N–H and O–H groups in total. The summed E-state index contributed by atoms with van der Waals surface area (Å²) in [7, 11) is 1.54. The Kier molecular flexibility index (Phi) is 8.21. The molecular weight excluding hydrogens is 333 g/mol. The highest BCUT2D eigenvalue weighted by atomic mass is 19.1. The smallest absolute Gasteiger partial charge is 0.315 e. The van der Waals surface area contributed by atoms with Crippen LogP contribution >= 0.6 is 0 Å². The number of nitrogens with one attached hydrogen (secondary N) is 2. The molecule has 0 radical (unpaired) electrons. The SMILES string of the molecule is C=N/C(=C\NC1CCNCC1)c1ccc(F)cc1.COc1ncccn1. The topological polar surface area (TPSA) is 71.4 Å². The molecule has 0 atom stereocenters. The molecule has 2 aromatic rings. The van der Waals surface area contributed by atoms with E-state index >= 15 is 0 Å². The van der Waals surface area contributed by atoms with Crippen molar-refractivity contribution < 1.29 is 9.13 Å². The average Bonchev–Trinajstić information content (AvgIpc) is 2.71. The first-order valence-corrected chi connectivity index (χ1v) is 8.43. The summed E-state index contributed by atoms with van der Waals surface area (Å²) in [5.74, 6) is -0.242. The zero-order chi connectivity index (χ0) is 18.6. The number of methoxy groups -OCH3 is 1. The number of benzene rings is 1. The molecule has 3 rings (SSSR count). The summed E-state index contributed by atoms with van der Waals surface area (Å²) in [5.41, 5.74) is 1.61. The van der Waals surface area contributed by atoms with E-state index in [4.69, 9.17) is 4.74 Å². The van der Waals surface area contributed by atoms with Gasteiger partial charge in [-0.2, -0.15) is 0 Å². The quantitative estimate of drug-likeness (QED) is 0.805. The van der Waals surface area contributed by atoms with E-state index in [1.165, 1.54) is 19.2 Å². The van der Waals surface area contributed by atoms with E-state index in [1.54, 1.807) is 30.6 Å². The molecule has 6 nitrogen and oxygen atoms in total. The van der Waals surface area contributed by atoms with Gasteiger partial charge in [-0.25, -0.2) is 14.4 Å². The van der Waals surface area contributed by atoms with Crippen LogP contribution in [-0.4, -0.2) is 42.9 Å². The van der Waals surface area contributed by atoms with Gasteiger partial charge in [0, 0.05) is 30.2 Å². The number of hydrogen-bond acceptors (Lipinski definition) is 6. The number of aromatic nitrogens is 2. The van der Waals surface area contributed by atoms with Gasteiger partial charge in [-0.3, -0.25) is 4.99 Å². The lowest BCUT2D eigenvalue weighted by atomic mass is 10.1. The lowest BCUT2D eigenvalue weighted by Crippen LogP contribution is -2.37. The Morgan fingerprint density at radius 3 is 2.46 bits per heavy atom. The Morgan fingerprint density at radius 1 is 1.27 bits per heavy atom. The minimum Gasteiger partial charge on any atom is -0.467 e. The molecule has 0 aliphatic carbocycles. The predicted molar refractivity (Wildman–Crippen MR) is 102 cm³/mol. The van der Waals surface area contributed by atoms with Crippen LogP contribution in [0.25, 0.3) is 5.70 Å². The molecule has 0 amide bonds. The van der Waals surface area contributed by atoms with Gasteiger partial charge >= 0.3 is 6.01 Å². The van der Waals surface area contributed by atoms with Gasteiger partial charge in [0.1, 0.15) is 5.82 Å². The molecule has 1 aromatic carbocycles. The van der Waals surface area contributed by atoms with E-state index in [1.807, 2.05) is 6.20 Å². The second-order valence-electron chi connectivity index (χ2n) is 5.62. The fourth-order valence-corrected chi connectivity index (χ4v) is 2.42. The Hall–Kier alpha value is -2.80. The summed E-state index contributed by atoms with van der Waals surface area (Å²) in [6, 6.07) is 8.90. The summed E-state index contributed by atoms with van der Waals surface area (Å²) in [6.45, 7) is 5.64. The fourth-order valence-electron chi connectivity index (χ4n) is 2.42. The van der Waals surface area contributed by atoms with Gasteiger partial charge in [-0.15, -0.1) is 0 Å².